The highest BCUT2D eigenvalue weighted by Crippen LogP contribution is 2.16. The Balaban J connectivity index is 2.36. The molecule has 0 aliphatic rings. The van der Waals surface area contributed by atoms with E-state index in [1.807, 2.05) is 37.3 Å². The van der Waals surface area contributed by atoms with Gasteiger partial charge in [-0.3, -0.25) is 0 Å². The molecule has 0 unspecified atom stereocenters. The lowest BCUT2D eigenvalue weighted by molar-refractivity contribution is 0.968. The monoisotopic (exact) mass is 229 g/mol. The molecule has 0 radical (unpaired) electrons. The van der Waals surface area contributed by atoms with Crippen molar-refractivity contribution in [3.8, 4) is 11.3 Å². The molecule has 0 aliphatic carbocycles. The Hall–Kier alpha value is -1.94. The van der Waals surface area contributed by atoms with Gasteiger partial charge in [0.15, 0.2) is 0 Å². The third kappa shape index (κ3) is 2.79. The maximum atomic E-state index is 11.3. The predicted molar refractivity (Wildman–Crippen MR) is 67.8 cm³/mol. The van der Waals surface area contributed by atoms with E-state index in [4.69, 9.17) is 5.73 Å². The van der Waals surface area contributed by atoms with Crippen LogP contribution in [0, 0.1) is 6.92 Å². The van der Waals surface area contributed by atoms with Gasteiger partial charge in [-0.1, -0.05) is 24.3 Å². The molecule has 0 saturated heterocycles. The Kier molecular flexibility index (Phi) is 3.35. The lowest BCUT2D eigenvalue weighted by Gasteiger charge is -2.03. The fourth-order valence-corrected chi connectivity index (χ4v) is 1.74. The Morgan fingerprint density at radius 1 is 1.29 bits per heavy atom. The molecule has 88 valence electrons. The zero-order valence-electron chi connectivity index (χ0n) is 9.73. The van der Waals surface area contributed by atoms with E-state index in [0.717, 1.165) is 17.7 Å². The quantitative estimate of drug-likeness (QED) is 0.832. The number of hydrogen-bond donors (Lipinski definition) is 2. The molecule has 0 bridgehead atoms. The van der Waals surface area contributed by atoms with Crippen LogP contribution in [-0.4, -0.2) is 16.5 Å². The number of aromatic amines is 1. The van der Waals surface area contributed by atoms with Crippen molar-refractivity contribution in [1.29, 1.82) is 0 Å². The zero-order valence-corrected chi connectivity index (χ0v) is 9.73. The Bertz CT molecular complexity index is 558. The molecule has 17 heavy (non-hydrogen) atoms. The van der Waals surface area contributed by atoms with Crippen molar-refractivity contribution < 1.29 is 0 Å². The number of H-pyrrole nitrogens is 1. The van der Waals surface area contributed by atoms with Gasteiger partial charge in [-0.15, -0.1) is 0 Å². The van der Waals surface area contributed by atoms with Gasteiger partial charge in [0.1, 0.15) is 0 Å². The van der Waals surface area contributed by atoms with Crippen LogP contribution < -0.4 is 11.4 Å². The van der Waals surface area contributed by atoms with Crippen LogP contribution >= 0.6 is 0 Å². The van der Waals surface area contributed by atoms with Gasteiger partial charge in [-0.05, 0) is 31.5 Å². The van der Waals surface area contributed by atoms with Crippen LogP contribution in [0.4, 0.5) is 0 Å². The molecule has 0 atom stereocenters. The first-order chi connectivity index (χ1) is 8.19. The van der Waals surface area contributed by atoms with Gasteiger partial charge >= 0.3 is 5.69 Å². The van der Waals surface area contributed by atoms with Crippen molar-refractivity contribution in [2.75, 3.05) is 6.54 Å². The average molecular weight is 229 g/mol. The van der Waals surface area contributed by atoms with Crippen LogP contribution in [0.15, 0.2) is 35.1 Å². The summed E-state index contributed by atoms with van der Waals surface area (Å²) in [6.45, 7) is 2.48. The molecule has 1 aromatic heterocycles. The third-order valence-corrected chi connectivity index (χ3v) is 2.56. The second kappa shape index (κ2) is 4.93. The molecule has 4 nitrogen and oxygen atoms in total. The predicted octanol–water partition coefficient (Wildman–Crippen LogP) is 1.25. The first-order valence-corrected chi connectivity index (χ1v) is 5.56. The molecular formula is C13H15N3O. The maximum Gasteiger partial charge on any atom is 0.345 e. The number of nitrogens with one attached hydrogen (secondary N) is 1. The van der Waals surface area contributed by atoms with Crippen molar-refractivity contribution in [2.45, 2.75) is 13.3 Å². The SMILES string of the molecule is Cc1cc(-c2ccc(CCN)cc2)nc(=O)[nH]1. The largest absolute Gasteiger partial charge is 0.345 e. The van der Waals surface area contributed by atoms with Gasteiger partial charge < -0.3 is 10.7 Å². The molecule has 2 rings (SSSR count). The maximum absolute atomic E-state index is 11.3. The first-order valence-electron chi connectivity index (χ1n) is 5.56. The topological polar surface area (TPSA) is 71.8 Å². The number of nitrogens with two attached hydrogens (primary N) is 1. The minimum absolute atomic E-state index is 0.314. The summed E-state index contributed by atoms with van der Waals surface area (Å²) in [5.41, 5.74) is 8.83. The molecule has 0 fully saturated rings. The molecule has 0 saturated carbocycles. The van der Waals surface area contributed by atoms with Crippen molar-refractivity contribution in [3.05, 3.63) is 52.1 Å². The Labute approximate surface area is 99.5 Å². The van der Waals surface area contributed by atoms with Gasteiger partial charge in [0.2, 0.25) is 0 Å². The molecule has 0 amide bonds. The average Bonchev–Trinajstić information content (AvgIpc) is 2.29. The number of hydrogen-bond acceptors (Lipinski definition) is 3. The molecule has 1 heterocycles. The van der Waals surface area contributed by atoms with E-state index in [0.29, 0.717) is 12.2 Å². The summed E-state index contributed by atoms with van der Waals surface area (Å²) in [5.74, 6) is 0. The van der Waals surface area contributed by atoms with E-state index < -0.39 is 0 Å². The number of aryl methyl sites for hydroxylation is 1. The van der Waals surface area contributed by atoms with Gasteiger partial charge in [-0.2, -0.15) is 4.98 Å². The zero-order chi connectivity index (χ0) is 12.3. The summed E-state index contributed by atoms with van der Waals surface area (Å²) in [6, 6.07) is 9.82. The van der Waals surface area contributed by atoms with E-state index in [1.165, 1.54) is 5.56 Å². The molecule has 3 N–H and O–H groups in total. The number of nitrogens with zero attached hydrogens (tertiary/aromatic N) is 1. The standard InChI is InChI=1S/C13H15N3O/c1-9-8-12(16-13(17)15-9)11-4-2-10(3-5-11)6-7-14/h2-5,8H,6-7,14H2,1H3,(H,15,16,17). The molecule has 1 aromatic carbocycles. The van der Waals surface area contributed by atoms with Crippen molar-refractivity contribution in [2.24, 2.45) is 5.73 Å². The summed E-state index contributed by atoms with van der Waals surface area (Å²) < 4.78 is 0. The Morgan fingerprint density at radius 3 is 2.59 bits per heavy atom. The van der Waals surface area contributed by atoms with Crippen LogP contribution in [-0.2, 0) is 6.42 Å². The van der Waals surface area contributed by atoms with E-state index in [2.05, 4.69) is 9.97 Å². The van der Waals surface area contributed by atoms with Crippen molar-refractivity contribution >= 4 is 0 Å². The van der Waals surface area contributed by atoms with E-state index in [1.54, 1.807) is 0 Å². The van der Waals surface area contributed by atoms with Crippen molar-refractivity contribution in [3.63, 3.8) is 0 Å². The molecule has 0 aliphatic heterocycles. The normalized spacial score (nSPS) is 10.5. The summed E-state index contributed by atoms with van der Waals surface area (Å²) >= 11 is 0. The third-order valence-electron chi connectivity index (χ3n) is 2.56. The van der Waals surface area contributed by atoms with Gasteiger partial charge in [0, 0.05) is 11.3 Å². The summed E-state index contributed by atoms with van der Waals surface area (Å²) in [5, 5.41) is 0. The number of aromatic nitrogens is 2. The molecule has 2 aromatic rings. The summed E-state index contributed by atoms with van der Waals surface area (Å²) in [4.78, 5) is 17.8. The molecular weight excluding hydrogens is 214 g/mol. The van der Waals surface area contributed by atoms with Crippen LogP contribution in [0.25, 0.3) is 11.3 Å². The Morgan fingerprint density at radius 2 is 2.00 bits per heavy atom. The highest BCUT2D eigenvalue weighted by atomic mass is 16.1. The van der Waals surface area contributed by atoms with E-state index in [-0.39, 0.29) is 5.69 Å². The van der Waals surface area contributed by atoms with Gasteiger partial charge in [-0.25, -0.2) is 4.79 Å². The minimum atomic E-state index is -0.314. The van der Waals surface area contributed by atoms with Crippen LogP contribution in [0.2, 0.25) is 0 Å². The van der Waals surface area contributed by atoms with Crippen LogP contribution in [0.1, 0.15) is 11.3 Å². The lowest BCUT2D eigenvalue weighted by Crippen LogP contribution is -2.11. The molecule has 4 heteroatoms. The summed E-state index contributed by atoms with van der Waals surface area (Å²) in [6.07, 6.45) is 0.863. The molecule has 0 spiro atoms. The minimum Gasteiger partial charge on any atom is -0.330 e. The summed E-state index contributed by atoms with van der Waals surface area (Å²) in [7, 11) is 0. The second-order valence-corrected chi connectivity index (χ2v) is 3.99. The fourth-order valence-electron chi connectivity index (χ4n) is 1.74. The van der Waals surface area contributed by atoms with Crippen LogP contribution in [0.3, 0.4) is 0 Å². The van der Waals surface area contributed by atoms with Crippen molar-refractivity contribution in [1.82, 2.24) is 9.97 Å². The van der Waals surface area contributed by atoms with Gasteiger partial charge in [0.25, 0.3) is 0 Å². The fraction of sp³-hybridized carbons (Fsp3) is 0.231. The lowest BCUT2D eigenvalue weighted by atomic mass is 10.1. The van der Waals surface area contributed by atoms with E-state index >= 15 is 0 Å². The number of benzene rings is 1. The first kappa shape index (κ1) is 11.5. The highest BCUT2D eigenvalue weighted by Gasteiger charge is 2.01. The van der Waals surface area contributed by atoms with Gasteiger partial charge in [0.05, 0.1) is 5.69 Å². The van der Waals surface area contributed by atoms with Crippen LogP contribution in [0.5, 0.6) is 0 Å². The van der Waals surface area contributed by atoms with E-state index in [9.17, 15) is 4.79 Å². The smallest absolute Gasteiger partial charge is 0.330 e. The highest BCUT2D eigenvalue weighted by molar-refractivity contribution is 5.59. The number of rotatable bonds is 3. The second-order valence-electron chi connectivity index (χ2n) is 3.99.